The van der Waals surface area contributed by atoms with Crippen LogP contribution in [0, 0.1) is 0 Å². The lowest BCUT2D eigenvalue weighted by atomic mass is 9.95. The molecule has 1 fully saturated rings. The number of pyridine rings is 1. The number of hydrogen-bond acceptors (Lipinski definition) is 5. The molecule has 0 saturated carbocycles. The van der Waals surface area contributed by atoms with Crippen LogP contribution in [0.4, 0.5) is 0 Å². The number of hydrogen-bond donors (Lipinski definition) is 3. The van der Waals surface area contributed by atoms with E-state index in [1.165, 1.54) is 18.5 Å². The molecule has 0 spiro atoms. The molecule has 1 aliphatic heterocycles. The van der Waals surface area contributed by atoms with Crippen LogP contribution in [0.3, 0.4) is 0 Å². The molecule has 100 valence electrons. The van der Waals surface area contributed by atoms with E-state index < -0.39 is 15.6 Å². The van der Waals surface area contributed by atoms with Crippen molar-refractivity contribution < 1.29 is 13.5 Å². The van der Waals surface area contributed by atoms with Crippen molar-refractivity contribution in [3.63, 3.8) is 0 Å². The zero-order valence-corrected chi connectivity index (χ0v) is 10.8. The fraction of sp³-hybridized carbons (Fsp3) is 0.545. The molecule has 3 N–H and O–H groups in total. The first-order chi connectivity index (χ1) is 8.52. The molecule has 1 aliphatic rings. The maximum absolute atomic E-state index is 11.9. The van der Waals surface area contributed by atoms with Gasteiger partial charge in [0.05, 0.1) is 5.60 Å². The van der Waals surface area contributed by atoms with Gasteiger partial charge < -0.3 is 10.4 Å². The number of rotatable bonds is 4. The Morgan fingerprint density at radius 3 is 3.00 bits per heavy atom. The van der Waals surface area contributed by atoms with Gasteiger partial charge in [-0.15, -0.1) is 0 Å². The van der Waals surface area contributed by atoms with E-state index in [1.54, 1.807) is 6.07 Å². The van der Waals surface area contributed by atoms with E-state index in [0.29, 0.717) is 13.0 Å². The Hall–Kier alpha value is -1.02. The second kappa shape index (κ2) is 5.31. The summed E-state index contributed by atoms with van der Waals surface area (Å²) in [6, 6.07) is 3.03. The number of nitrogens with zero attached hydrogens (tertiary/aromatic N) is 1. The highest BCUT2D eigenvalue weighted by atomic mass is 32.2. The van der Waals surface area contributed by atoms with Gasteiger partial charge in [-0.2, -0.15) is 0 Å². The molecule has 1 aromatic rings. The standard InChI is InChI=1S/C11H17N3O3S/c15-11(4-2-6-13-8-11)9-14-18(16,17)10-3-1-5-12-7-10/h1,3,5,7,13-15H,2,4,6,8-9H2. The van der Waals surface area contributed by atoms with Crippen LogP contribution in [0.1, 0.15) is 12.8 Å². The molecule has 0 bridgehead atoms. The van der Waals surface area contributed by atoms with Gasteiger partial charge >= 0.3 is 0 Å². The van der Waals surface area contributed by atoms with Gasteiger partial charge in [0, 0.05) is 25.5 Å². The van der Waals surface area contributed by atoms with Crippen LogP contribution >= 0.6 is 0 Å². The van der Waals surface area contributed by atoms with Gasteiger partial charge in [-0.25, -0.2) is 13.1 Å². The number of aromatic nitrogens is 1. The molecule has 7 heteroatoms. The van der Waals surface area contributed by atoms with Gasteiger partial charge in [0.1, 0.15) is 4.90 Å². The van der Waals surface area contributed by atoms with Gasteiger partial charge in [-0.3, -0.25) is 4.98 Å². The van der Waals surface area contributed by atoms with E-state index in [1.807, 2.05) is 0 Å². The summed E-state index contributed by atoms with van der Waals surface area (Å²) in [5.41, 5.74) is -1.01. The molecule has 0 aromatic carbocycles. The minimum absolute atomic E-state index is 0.0111. The second-order valence-corrected chi connectivity index (χ2v) is 6.28. The lowest BCUT2D eigenvalue weighted by Crippen LogP contribution is -2.52. The topological polar surface area (TPSA) is 91.3 Å². The molecule has 1 atom stereocenters. The molecular weight excluding hydrogens is 254 g/mol. The third kappa shape index (κ3) is 3.26. The lowest BCUT2D eigenvalue weighted by molar-refractivity contribution is 0.0218. The number of β-amino-alcohol motifs (C(OH)–C–C–N with tert-alkyl or cyclic N) is 1. The Kier molecular flexibility index (Phi) is 3.96. The Labute approximate surface area is 106 Å². The van der Waals surface area contributed by atoms with Gasteiger partial charge in [-0.1, -0.05) is 0 Å². The normalized spacial score (nSPS) is 24.9. The summed E-state index contributed by atoms with van der Waals surface area (Å²) < 4.78 is 26.3. The monoisotopic (exact) mass is 271 g/mol. The van der Waals surface area contributed by atoms with Crippen LogP contribution in [0.15, 0.2) is 29.4 Å². The molecule has 2 rings (SSSR count). The fourth-order valence-corrected chi connectivity index (χ4v) is 3.00. The molecule has 0 radical (unpaired) electrons. The Balaban J connectivity index is 2.01. The predicted molar refractivity (Wildman–Crippen MR) is 66.5 cm³/mol. The first-order valence-electron chi connectivity index (χ1n) is 5.85. The van der Waals surface area contributed by atoms with Crippen molar-refractivity contribution in [2.45, 2.75) is 23.3 Å². The number of sulfonamides is 1. The lowest BCUT2D eigenvalue weighted by Gasteiger charge is -2.32. The summed E-state index contributed by atoms with van der Waals surface area (Å²) in [7, 11) is -3.60. The summed E-state index contributed by atoms with van der Waals surface area (Å²) in [6.45, 7) is 1.28. The predicted octanol–water partition coefficient (Wildman–Crippen LogP) is -0.526. The number of nitrogens with one attached hydrogen (secondary N) is 2. The average molecular weight is 271 g/mol. The molecule has 6 nitrogen and oxygen atoms in total. The van der Waals surface area contributed by atoms with Gasteiger partial charge in [0.25, 0.3) is 0 Å². The van der Waals surface area contributed by atoms with Gasteiger partial charge in [0.15, 0.2) is 0 Å². The average Bonchev–Trinajstić information content (AvgIpc) is 2.39. The van der Waals surface area contributed by atoms with Crippen LogP contribution in [-0.2, 0) is 10.0 Å². The van der Waals surface area contributed by atoms with Crippen molar-refractivity contribution in [2.75, 3.05) is 19.6 Å². The molecule has 0 aliphatic carbocycles. The van der Waals surface area contributed by atoms with Gasteiger partial charge in [-0.05, 0) is 31.5 Å². The summed E-state index contributed by atoms with van der Waals surface area (Å²) in [5.74, 6) is 0. The highest BCUT2D eigenvalue weighted by Gasteiger charge is 2.30. The van der Waals surface area contributed by atoms with Crippen LogP contribution < -0.4 is 10.0 Å². The molecule has 0 amide bonds. The third-order valence-corrected chi connectivity index (χ3v) is 4.37. The minimum atomic E-state index is -3.60. The van der Waals surface area contributed by atoms with E-state index in [-0.39, 0.29) is 11.4 Å². The Bertz CT molecular complexity index is 484. The summed E-state index contributed by atoms with van der Waals surface area (Å²) >= 11 is 0. The van der Waals surface area contributed by atoms with Crippen molar-refractivity contribution in [3.8, 4) is 0 Å². The molecular formula is C11H17N3O3S. The quantitative estimate of drug-likeness (QED) is 0.685. The molecule has 18 heavy (non-hydrogen) atoms. The zero-order valence-electron chi connectivity index (χ0n) is 9.96. The Morgan fingerprint density at radius 2 is 2.39 bits per heavy atom. The largest absolute Gasteiger partial charge is 0.387 e. The zero-order chi connectivity index (χ0) is 13.1. The molecule has 2 heterocycles. The second-order valence-electron chi connectivity index (χ2n) is 4.52. The number of piperidine rings is 1. The van der Waals surface area contributed by atoms with Crippen molar-refractivity contribution >= 4 is 10.0 Å². The van der Waals surface area contributed by atoms with E-state index in [0.717, 1.165) is 13.0 Å². The highest BCUT2D eigenvalue weighted by molar-refractivity contribution is 7.89. The Morgan fingerprint density at radius 1 is 1.56 bits per heavy atom. The fourth-order valence-electron chi connectivity index (χ4n) is 1.92. The van der Waals surface area contributed by atoms with Crippen molar-refractivity contribution in [3.05, 3.63) is 24.5 Å². The van der Waals surface area contributed by atoms with Crippen LogP contribution in [0.5, 0.6) is 0 Å². The third-order valence-electron chi connectivity index (χ3n) is 2.99. The van der Waals surface area contributed by atoms with Crippen LogP contribution in [0.2, 0.25) is 0 Å². The summed E-state index contributed by atoms with van der Waals surface area (Å²) in [5, 5.41) is 13.2. The SMILES string of the molecule is O=S(=O)(NCC1(O)CCCNC1)c1cccnc1. The van der Waals surface area contributed by atoms with E-state index in [2.05, 4.69) is 15.0 Å². The van der Waals surface area contributed by atoms with Crippen LogP contribution in [-0.4, -0.2) is 43.7 Å². The van der Waals surface area contributed by atoms with Crippen LogP contribution in [0.25, 0.3) is 0 Å². The summed E-state index contributed by atoms with van der Waals surface area (Å²) in [6.07, 6.45) is 4.23. The van der Waals surface area contributed by atoms with Crippen molar-refractivity contribution in [2.24, 2.45) is 0 Å². The molecule has 1 unspecified atom stereocenters. The minimum Gasteiger partial charge on any atom is -0.387 e. The summed E-state index contributed by atoms with van der Waals surface area (Å²) in [4.78, 5) is 3.88. The maximum atomic E-state index is 11.9. The highest BCUT2D eigenvalue weighted by Crippen LogP contribution is 2.16. The molecule has 1 aromatic heterocycles. The maximum Gasteiger partial charge on any atom is 0.242 e. The van der Waals surface area contributed by atoms with Gasteiger partial charge in [0.2, 0.25) is 10.0 Å². The van der Waals surface area contributed by atoms with E-state index in [4.69, 9.17) is 0 Å². The smallest absolute Gasteiger partial charge is 0.242 e. The van der Waals surface area contributed by atoms with Crippen molar-refractivity contribution in [1.29, 1.82) is 0 Å². The van der Waals surface area contributed by atoms with E-state index >= 15 is 0 Å². The first-order valence-corrected chi connectivity index (χ1v) is 7.33. The van der Waals surface area contributed by atoms with E-state index in [9.17, 15) is 13.5 Å². The first kappa shape index (κ1) is 13.4. The molecule has 1 saturated heterocycles. The van der Waals surface area contributed by atoms with Crippen molar-refractivity contribution in [1.82, 2.24) is 15.0 Å². The number of aliphatic hydroxyl groups is 1.